The number of amides is 4. The van der Waals surface area contributed by atoms with E-state index in [0.717, 1.165) is 16.0 Å². The van der Waals surface area contributed by atoms with Gasteiger partial charge in [-0.05, 0) is 122 Å². The van der Waals surface area contributed by atoms with E-state index in [-0.39, 0.29) is 46.2 Å². The first-order chi connectivity index (χ1) is 31.9. The summed E-state index contributed by atoms with van der Waals surface area (Å²) in [7, 11) is -7.96. The molecule has 2 unspecified atom stereocenters. The van der Waals surface area contributed by atoms with Gasteiger partial charge in [-0.3, -0.25) is 28.6 Å². The molecule has 2 atom stereocenters. The SMILES string of the molecule is Cc1ccc(C(=O)N2CCC(c3ccc(C#N)cc3)CC2)cc1NS(=O)(=O)C(C(=O)NCCO)C(C(=O)N(C)C)S(=O)(=O)Nc1cc(C(=O)N2CCC(c3ccc(C#N)cc3)CC2)ccc1C. The Morgan fingerprint density at radius 2 is 1.04 bits per heavy atom. The zero-order valence-corrected chi connectivity index (χ0v) is 39.4. The maximum atomic E-state index is 14.6. The van der Waals surface area contributed by atoms with Crippen LogP contribution in [0.5, 0.6) is 0 Å². The lowest BCUT2D eigenvalue weighted by atomic mass is 9.89. The Hall–Kier alpha value is -6.80. The summed E-state index contributed by atoms with van der Waals surface area (Å²) in [5, 5.41) is 24.8. The quantitative estimate of drug-likeness (QED) is 0.131. The van der Waals surface area contributed by atoms with Crippen LogP contribution in [0, 0.1) is 36.5 Å². The number of anilines is 2. The van der Waals surface area contributed by atoms with E-state index in [1.54, 1.807) is 47.9 Å². The van der Waals surface area contributed by atoms with E-state index in [1.807, 2.05) is 24.3 Å². The van der Waals surface area contributed by atoms with Crippen molar-refractivity contribution >= 4 is 55.1 Å². The largest absolute Gasteiger partial charge is 0.395 e. The molecule has 19 heteroatoms. The standard InChI is InChI=1S/C48H54N8O9S2/c1-31-5-11-39(46(59)55-22-17-37(18-23-55)35-13-7-33(29-49)8-14-35)27-41(31)52-66(62,63)43(45(58)51-21-26-57)44(48(61)54(3)4)67(64,65)53-42-28-40(12-6-32(42)2)47(60)56-24-19-38(20-25-56)36-15-9-34(30-50)10-16-36/h5-16,27-28,37-38,43-44,52-53,57H,17-26H2,1-4H3,(H,51,58). The second kappa shape index (κ2) is 21.2. The third-order valence-electron chi connectivity index (χ3n) is 12.4. The molecule has 2 heterocycles. The zero-order valence-electron chi connectivity index (χ0n) is 37.7. The van der Waals surface area contributed by atoms with Crippen molar-refractivity contribution in [2.24, 2.45) is 0 Å². The number of aryl methyl sites for hydroxylation is 2. The molecule has 4 aromatic rings. The lowest BCUT2D eigenvalue weighted by Crippen LogP contribution is -2.58. The van der Waals surface area contributed by atoms with Crippen molar-refractivity contribution in [3.63, 3.8) is 0 Å². The molecule has 17 nitrogen and oxygen atoms in total. The van der Waals surface area contributed by atoms with Gasteiger partial charge in [0, 0.05) is 57.9 Å². The molecule has 4 N–H and O–H groups in total. The van der Waals surface area contributed by atoms with Crippen molar-refractivity contribution in [1.29, 1.82) is 10.5 Å². The number of aliphatic hydroxyl groups excluding tert-OH is 1. The Morgan fingerprint density at radius 1 is 0.657 bits per heavy atom. The van der Waals surface area contributed by atoms with E-state index in [9.17, 15) is 41.1 Å². The van der Waals surface area contributed by atoms with Crippen LogP contribution in [-0.2, 0) is 29.6 Å². The molecule has 0 spiro atoms. The van der Waals surface area contributed by atoms with E-state index in [2.05, 4.69) is 26.9 Å². The minimum atomic E-state index is -5.20. The number of rotatable bonds is 15. The average molecular weight is 951 g/mol. The summed E-state index contributed by atoms with van der Waals surface area (Å²) in [6, 6.07) is 27.5. The Kier molecular flexibility index (Phi) is 15.7. The highest BCUT2D eigenvalue weighted by Crippen LogP contribution is 2.32. The van der Waals surface area contributed by atoms with E-state index in [4.69, 9.17) is 10.5 Å². The third kappa shape index (κ3) is 11.6. The molecular formula is C48H54N8O9S2. The number of carbonyl (C=O) groups is 4. The predicted molar refractivity (Wildman–Crippen MR) is 252 cm³/mol. The monoisotopic (exact) mass is 950 g/mol. The molecule has 4 amide bonds. The molecule has 0 saturated carbocycles. The second-order valence-electron chi connectivity index (χ2n) is 17.0. The minimum absolute atomic E-state index is 0.122. The van der Waals surface area contributed by atoms with Crippen molar-refractivity contribution < 1.29 is 41.1 Å². The van der Waals surface area contributed by atoms with Crippen LogP contribution in [0.25, 0.3) is 0 Å². The molecule has 0 aliphatic carbocycles. The summed E-state index contributed by atoms with van der Waals surface area (Å²) < 4.78 is 62.9. The molecular weight excluding hydrogens is 897 g/mol. The van der Waals surface area contributed by atoms with Gasteiger partial charge < -0.3 is 25.1 Å². The number of aliphatic hydroxyl groups is 1. The number of sulfonamides is 2. The van der Waals surface area contributed by atoms with Crippen molar-refractivity contribution in [3.8, 4) is 12.1 Å². The van der Waals surface area contributed by atoms with Crippen LogP contribution >= 0.6 is 0 Å². The molecule has 352 valence electrons. The summed E-state index contributed by atoms with van der Waals surface area (Å²) in [4.78, 5) is 59.7. The van der Waals surface area contributed by atoms with Gasteiger partial charge in [-0.25, -0.2) is 16.8 Å². The van der Waals surface area contributed by atoms with Crippen molar-refractivity contribution in [1.82, 2.24) is 20.0 Å². The molecule has 2 saturated heterocycles. The normalized spacial score (nSPS) is 15.6. The molecule has 2 aliphatic heterocycles. The van der Waals surface area contributed by atoms with E-state index < -0.39 is 55.5 Å². The number of carbonyl (C=O) groups excluding carboxylic acids is 4. The number of nitrogens with zero attached hydrogens (tertiary/aromatic N) is 5. The highest BCUT2D eigenvalue weighted by atomic mass is 32.2. The van der Waals surface area contributed by atoms with Crippen LogP contribution in [0.15, 0.2) is 84.9 Å². The lowest BCUT2D eigenvalue weighted by Gasteiger charge is -2.32. The number of piperidine rings is 2. The van der Waals surface area contributed by atoms with E-state index in [0.29, 0.717) is 74.1 Å². The molecule has 0 radical (unpaired) electrons. The molecule has 2 aliphatic rings. The number of nitriles is 2. The first-order valence-electron chi connectivity index (χ1n) is 21.8. The number of hydrogen-bond acceptors (Lipinski definition) is 11. The highest BCUT2D eigenvalue weighted by molar-refractivity contribution is 7.98. The first kappa shape index (κ1) is 49.6. The van der Waals surface area contributed by atoms with Crippen LogP contribution in [0.3, 0.4) is 0 Å². The third-order valence-corrected chi connectivity index (χ3v) is 15.8. The fourth-order valence-electron chi connectivity index (χ4n) is 8.42. The Morgan fingerprint density at radius 3 is 1.40 bits per heavy atom. The van der Waals surface area contributed by atoms with Gasteiger partial charge in [-0.1, -0.05) is 36.4 Å². The topological polar surface area (TPSA) is 250 Å². The van der Waals surface area contributed by atoms with Gasteiger partial charge in [0.1, 0.15) is 0 Å². The van der Waals surface area contributed by atoms with Gasteiger partial charge in [0.2, 0.25) is 31.9 Å². The van der Waals surface area contributed by atoms with Crippen molar-refractivity contribution in [2.75, 3.05) is 62.9 Å². The zero-order chi connectivity index (χ0) is 48.6. The summed E-state index contributed by atoms with van der Waals surface area (Å²) >= 11 is 0. The van der Waals surface area contributed by atoms with Crippen LogP contribution < -0.4 is 14.8 Å². The number of likely N-dealkylation sites (tertiary alicyclic amines) is 2. The second-order valence-corrected chi connectivity index (χ2v) is 20.6. The van der Waals surface area contributed by atoms with Crippen LogP contribution in [0.2, 0.25) is 0 Å². The Bertz CT molecular complexity index is 2810. The fourth-order valence-corrected chi connectivity index (χ4v) is 12.3. The van der Waals surface area contributed by atoms with Gasteiger partial charge in [0.05, 0.1) is 41.2 Å². The Labute approximate surface area is 391 Å². The molecule has 6 rings (SSSR count). The molecule has 0 bridgehead atoms. The van der Waals surface area contributed by atoms with Crippen LogP contribution in [0.4, 0.5) is 11.4 Å². The van der Waals surface area contributed by atoms with Gasteiger partial charge in [0.25, 0.3) is 11.8 Å². The van der Waals surface area contributed by atoms with Crippen LogP contribution in [0.1, 0.15) is 91.6 Å². The molecule has 67 heavy (non-hydrogen) atoms. The van der Waals surface area contributed by atoms with Gasteiger partial charge >= 0.3 is 0 Å². The molecule has 4 aromatic carbocycles. The smallest absolute Gasteiger partial charge is 0.253 e. The predicted octanol–water partition coefficient (Wildman–Crippen LogP) is 4.20. The highest BCUT2D eigenvalue weighted by Gasteiger charge is 2.52. The Balaban J connectivity index is 1.24. The maximum absolute atomic E-state index is 14.6. The average Bonchev–Trinajstić information content (AvgIpc) is 3.33. The molecule has 2 fully saturated rings. The van der Waals surface area contributed by atoms with Crippen LogP contribution in [-0.4, -0.2) is 124 Å². The fraction of sp³-hybridized carbons (Fsp3) is 0.375. The van der Waals surface area contributed by atoms with Gasteiger partial charge in [-0.15, -0.1) is 0 Å². The summed E-state index contributed by atoms with van der Waals surface area (Å²) in [6.45, 7) is 3.61. The van der Waals surface area contributed by atoms with E-state index in [1.165, 1.54) is 50.5 Å². The summed E-state index contributed by atoms with van der Waals surface area (Å²) in [5.41, 5.74) is 3.85. The van der Waals surface area contributed by atoms with E-state index >= 15 is 0 Å². The maximum Gasteiger partial charge on any atom is 0.253 e. The summed E-state index contributed by atoms with van der Waals surface area (Å²) in [5.74, 6) is -3.08. The van der Waals surface area contributed by atoms with Crippen molar-refractivity contribution in [2.45, 2.75) is 61.9 Å². The number of benzene rings is 4. The summed E-state index contributed by atoms with van der Waals surface area (Å²) in [6.07, 6.45) is 2.61. The molecule has 0 aromatic heterocycles. The van der Waals surface area contributed by atoms with Gasteiger partial charge in [-0.2, -0.15) is 10.5 Å². The minimum Gasteiger partial charge on any atom is -0.395 e. The lowest BCUT2D eigenvalue weighted by molar-refractivity contribution is -0.130. The van der Waals surface area contributed by atoms with Crippen molar-refractivity contribution in [3.05, 3.63) is 129 Å². The number of nitrogens with one attached hydrogen (secondary N) is 3. The number of hydrogen-bond donors (Lipinski definition) is 4. The van der Waals surface area contributed by atoms with Gasteiger partial charge in [0.15, 0.2) is 10.5 Å². The first-order valence-corrected chi connectivity index (χ1v) is 24.9.